The molecule has 2 aromatic rings. The van der Waals surface area contributed by atoms with Crippen LogP contribution in [-0.4, -0.2) is 53.5 Å². The summed E-state index contributed by atoms with van der Waals surface area (Å²) in [6, 6.07) is 17.8. The van der Waals surface area contributed by atoms with Crippen LogP contribution in [0, 0.1) is 0 Å². The Morgan fingerprint density at radius 2 is 1.68 bits per heavy atom. The first-order valence-corrected chi connectivity index (χ1v) is 10.9. The van der Waals surface area contributed by atoms with E-state index < -0.39 is 10.8 Å². The van der Waals surface area contributed by atoms with Gasteiger partial charge in [0.25, 0.3) is 0 Å². The summed E-state index contributed by atoms with van der Waals surface area (Å²) in [5.74, 6) is 1.64. The number of halogens is 2. The molecule has 152 valence electrons. The Balaban J connectivity index is 0.00000280. The van der Waals surface area contributed by atoms with Crippen LogP contribution >= 0.6 is 35.6 Å². The van der Waals surface area contributed by atoms with E-state index in [0.29, 0.717) is 24.0 Å². The highest BCUT2D eigenvalue weighted by Crippen LogP contribution is 2.19. The Kier molecular flexibility index (Phi) is 9.53. The third-order valence-corrected chi connectivity index (χ3v) is 6.10. The molecule has 2 N–H and O–H groups in total. The summed E-state index contributed by atoms with van der Waals surface area (Å²) in [6.07, 6.45) is 0. The lowest BCUT2D eigenvalue weighted by molar-refractivity contribution is 0.381. The van der Waals surface area contributed by atoms with Gasteiger partial charge < -0.3 is 15.5 Å². The number of nitrogens with two attached hydrogens (primary N) is 1. The minimum Gasteiger partial charge on any atom is -0.370 e. The van der Waals surface area contributed by atoms with Crippen LogP contribution in [0.1, 0.15) is 5.56 Å². The normalized spacial score (nSPS) is 15.8. The van der Waals surface area contributed by atoms with Crippen molar-refractivity contribution in [2.75, 3.05) is 43.4 Å². The van der Waals surface area contributed by atoms with Gasteiger partial charge in [0.2, 0.25) is 0 Å². The average molecular weight is 533 g/mol. The number of anilines is 1. The van der Waals surface area contributed by atoms with E-state index in [1.165, 1.54) is 5.69 Å². The minimum atomic E-state index is -0.925. The van der Waals surface area contributed by atoms with Gasteiger partial charge in [-0.1, -0.05) is 41.9 Å². The van der Waals surface area contributed by atoms with Gasteiger partial charge in [-0.25, -0.2) is 0 Å². The summed E-state index contributed by atoms with van der Waals surface area (Å²) in [6.45, 7) is 3.91. The van der Waals surface area contributed by atoms with E-state index in [-0.39, 0.29) is 24.0 Å². The number of guanidine groups is 1. The maximum Gasteiger partial charge on any atom is 0.191 e. The van der Waals surface area contributed by atoms with Crippen LogP contribution in [-0.2, 0) is 16.6 Å². The van der Waals surface area contributed by atoms with E-state index in [1.807, 2.05) is 54.6 Å². The molecule has 1 unspecified atom stereocenters. The van der Waals surface area contributed by atoms with E-state index in [4.69, 9.17) is 17.3 Å². The van der Waals surface area contributed by atoms with Crippen molar-refractivity contribution in [1.82, 2.24) is 4.90 Å². The predicted octanol–water partition coefficient (Wildman–Crippen LogP) is 3.34. The minimum absolute atomic E-state index is 0. The molecule has 28 heavy (non-hydrogen) atoms. The summed E-state index contributed by atoms with van der Waals surface area (Å²) in [5.41, 5.74) is 8.39. The molecule has 1 atom stereocenters. The number of aliphatic imine (C=N–C) groups is 1. The zero-order chi connectivity index (χ0) is 19.1. The number of piperazine rings is 1. The SMILES string of the molecule is I.NC(=NCCS(=O)Cc1ccccc1)N1CCN(c2ccc(Cl)cc2)CC1. The van der Waals surface area contributed by atoms with Crippen molar-refractivity contribution in [3.05, 3.63) is 65.2 Å². The van der Waals surface area contributed by atoms with E-state index in [2.05, 4.69) is 14.8 Å². The molecule has 0 bridgehead atoms. The molecule has 0 aromatic heterocycles. The smallest absolute Gasteiger partial charge is 0.191 e. The Morgan fingerprint density at radius 3 is 2.32 bits per heavy atom. The first kappa shape index (κ1) is 23.0. The lowest BCUT2D eigenvalue weighted by atomic mass is 10.2. The summed E-state index contributed by atoms with van der Waals surface area (Å²) in [5, 5.41) is 0.749. The lowest BCUT2D eigenvalue weighted by Gasteiger charge is -2.36. The topological polar surface area (TPSA) is 61.9 Å². The Morgan fingerprint density at radius 1 is 1.04 bits per heavy atom. The molecule has 0 saturated carbocycles. The molecule has 1 saturated heterocycles. The molecule has 2 aromatic carbocycles. The zero-order valence-corrected chi connectivity index (χ0v) is 19.6. The Labute approximate surface area is 191 Å². The standard InChI is InChI=1S/C20H25ClN4OS.HI/c21-18-6-8-19(9-7-18)24-11-13-25(14-12-24)20(22)23-10-15-27(26)16-17-4-2-1-3-5-17;/h1-9H,10-16H2,(H2,22,23);1H. The van der Waals surface area contributed by atoms with Crippen molar-refractivity contribution < 1.29 is 4.21 Å². The second kappa shape index (κ2) is 11.6. The Bertz CT molecular complexity index is 781. The third kappa shape index (κ3) is 6.93. The summed E-state index contributed by atoms with van der Waals surface area (Å²) < 4.78 is 12.2. The van der Waals surface area contributed by atoms with Gasteiger partial charge in [-0.3, -0.25) is 9.20 Å². The number of hydrogen-bond donors (Lipinski definition) is 1. The van der Waals surface area contributed by atoms with Crippen LogP contribution < -0.4 is 10.6 Å². The van der Waals surface area contributed by atoms with Gasteiger partial charge in [0.15, 0.2) is 5.96 Å². The summed E-state index contributed by atoms with van der Waals surface area (Å²) >= 11 is 5.95. The molecule has 0 amide bonds. The predicted molar refractivity (Wildman–Crippen MR) is 130 cm³/mol. The van der Waals surface area contributed by atoms with Gasteiger partial charge in [0.1, 0.15) is 0 Å². The largest absolute Gasteiger partial charge is 0.370 e. The molecule has 0 spiro atoms. The molecule has 1 aliphatic heterocycles. The first-order valence-electron chi connectivity index (χ1n) is 9.06. The monoisotopic (exact) mass is 532 g/mol. The number of hydrogen-bond acceptors (Lipinski definition) is 3. The molecule has 1 heterocycles. The molecule has 3 rings (SSSR count). The highest BCUT2D eigenvalue weighted by molar-refractivity contribution is 14.0. The van der Waals surface area contributed by atoms with Gasteiger partial charge in [-0.15, -0.1) is 24.0 Å². The van der Waals surface area contributed by atoms with Crippen molar-refractivity contribution in [2.24, 2.45) is 10.7 Å². The fourth-order valence-corrected chi connectivity index (χ4v) is 4.17. The fourth-order valence-electron chi connectivity index (χ4n) is 3.04. The van der Waals surface area contributed by atoms with Gasteiger partial charge >= 0.3 is 0 Å². The van der Waals surface area contributed by atoms with Crippen molar-refractivity contribution in [3.8, 4) is 0 Å². The summed E-state index contributed by atoms with van der Waals surface area (Å²) in [4.78, 5) is 8.83. The van der Waals surface area contributed by atoms with Crippen LogP contribution in [0.2, 0.25) is 5.02 Å². The van der Waals surface area contributed by atoms with E-state index in [1.54, 1.807) is 0 Å². The molecule has 1 fully saturated rings. The van der Waals surface area contributed by atoms with Crippen molar-refractivity contribution in [3.63, 3.8) is 0 Å². The van der Waals surface area contributed by atoms with E-state index in [0.717, 1.165) is 36.8 Å². The molecule has 1 aliphatic rings. The molecular formula is C20H26ClIN4OS. The van der Waals surface area contributed by atoms with Gasteiger partial charge in [-0.05, 0) is 29.8 Å². The third-order valence-electron chi connectivity index (χ3n) is 4.56. The molecule has 8 heteroatoms. The molecule has 0 radical (unpaired) electrons. The maximum atomic E-state index is 12.2. The number of rotatable bonds is 6. The van der Waals surface area contributed by atoms with E-state index >= 15 is 0 Å². The van der Waals surface area contributed by atoms with Crippen LogP contribution in [0.15, 0.2) is 59.6 Å². The van der Waals surface area contributed by atoms with Gasteiger partial charge in [0.05, 0.1) is 6.54 Å². The van der Waals surface area contributed by atoms with Crippen molar-refractivity contribution in [1.29, 1.82) is 0 Å². The average Bonchev–Trinajstić information content (AvgIpc) is 2.69. The van der Waals surface area contributed by atoms with Gasteiger partial charge in [-0.2, -0.15) is 0 Å². The number of nitrogens with zero attached hydrogens (tertiary/aromatic N) is 3. The second-order valence-corrected chi connectivity index (χ2v) is 8.48. The first-order chi connectivity index (χ1) is 13.1. The van der Waals surface area contributed by atoms with Crippen LogP contribution in [0.25, 0.3) is 0 Å². The maximum absolute atomic E-state index is 12.2. The highest BCUT2D eigenvalue weighted by atomic mass is 127. The fraction of sp³-hybridized carbons (Fsp3) is 0.350. The molecular weight excluding hydrogens is 507 g/mol. The van der Waals surface area contributed by atoms with Crippen molar-refractivity contribution >= 4 is 58.0 Å². The summed E-state index contributed by atoms with van der Waals surface area (Å²) in [7, 11) is -0.925. The quantitative estimate of drug-likeness (QED) is 0.352. The second-order valence-electron chi connectivity index (χ2n) is 6.46. The zero-order valence-electron chi connectivity index (χ0n) is 15.7. The van der Waals surface area contributed by atoms with Crippen LogP contribution in [0.3, 0.4) is 0 Å². The lowest BCUT2D eigenvalue weighted by Crippen LogP contribution is -2.51. The van der Waals surface area contributed by atoms with Crippen LogP contribution in [0.4, 0.5) is 5.69 Å². The highest BCUT2D eigenvalue weighted by Gasteiger charge is 2.18. The van der Waals surface area contributed by atoms with Crippen molar-refractivity contribution in [2.45, 2.75) is 5.75 Å². The van der Waals surface area contributed by atoms with E-state index in [9.17, 15) is 4.21 Å². The number of benzene rings is 2. The molecule has 5 nitrogen and oxygen atoms in total. The Hall–Kier alpha value is -1.32. The van der Waals surface area contributed by atoms with Gasteiger partial charge in [0, 0.05) is 59.2 Å². The molecule has 0 aliphatic carbocycles. The van der Waals surface area contributed by atoms with Crippen LogP contribution in [0.5, 0.6) is 0 Å².